The number of rotatable bonds is 4. The summed E-state index contributed by atoms with van der Waals surface area (Å²) in [5.41, 5.74) is 0. The molecule has 0 spiro atoms. The Morgan fingerprint density at radius 3 is 1.14 bits per heavy atom. The van der Waals surface area contributed by atoms with Crippen molar-refractivity contribution in [2.45, 2.75) is 26.2 Å². The van der Waals surface area contributed by atoms with Gasteiger partial charge >= 0.3 is 0 Å². The summed E-state index contributed by atoms with van der Waals surface area (Å²) in [5.74, 6) is 0. The van der Waals surface area contributed by atoms with Crippen LogP contribution in [0, 0.1) is 0 Å². The predicted molar refractivity (Wildman–Crippen MR) is 113 cm³/mol. The molecule has 0 nitrogen and oxygen atoms in total. The van der Waals surface area contributed by atoms with Crippen molar-refractivity contribution in [2.75, 3.05) is 0 Å². The van der Waals surface area contributed by atoms with E-state index < -0.39 is 21.3 Å². The molecular formula is C16H28Si5. The highest BCUT2D eigenvalue weighted by atomic mass is 30.1. The van der Waals surface area contributed by atoms with E-state index in [2.05, 4.69) is 86.9 Å². The van der Waals surface area contributed by atoms with Gasteiger partial charge in [0.15, 0.2) is 0 Å². The molecule has 0 unspecified atom stereocenters. The maximum atomic E-state index is 2.67. The Morgan fingerprint density at radius 1 is 0.571 bits per heavy atom. The van der Waals surface area contributed by atoms with E-state index in [1.54, 1.807) is 10.4 Å². The second-order valence-corrected chi connectivity index (χ2v) is 65.0. The lowest BCUT2D eigenvalue weighted by molar-refractivity contribution is 1.72. The first-order valence-corrected chi connectivity index (χ1v) is 24.8. The minimum Gasteiger partial charge on any atom is -0.0680 e. The van der Waals surface area contributed by atoms with E-state index in [4.69, 9.17) is 0 Å². The second-order valence-electron chi connectivity index (χ2n) is 7.61. The van der Waals surface area contributed by atoms with Crippen molar-refractivity contribution in [2.24, 2.45) is 0 Å². The van der Waals surface area contributed by atoms with Gasteiger partial charge < -0.3 is 0 Å². The molecule has 0 aliphatic rings. The van der Waals surface area contributed by atoms with Crippen molar-refractivity contribution < 1.29 is 0 Å². The van der Waals surface area contributed by atoms with Crippen LogP contribution in [0.25, 0.3) is 0 Å². The van der Waals surface area contributed by atoms with Gasteiger partial charge in [-0.2, -0.15) is 0 Å². The average Bonchev–Trinajstić information content (AvgIpc) is 2.48. The van der Waals surface area contributed by atoms with Crippen LogP contribution in [0.3, 0.4) is 0 Å². The van der Waals surface area contributed by atoms with Crippen molar-refractivity contribution in [1.82, 2.24) is 0 Å². The van der Waals surface area contributed by atoms with E-state index >= 15 is 0 Å². The molecule has 2 aromatic carbocycles. The van der Waals surface area contributed by atoms with Crippen LogP contribution in [-0.2, 0) is 0 Å². The van der Waals surface area contributed by atoms with E-state index in [0.29, 0.717) is 0 Å². The average molecular weight is 361 g/mol. The van der Waals surface area contributed by atoms with Crippen molar-refractivity contribution >= 4 is 51.2 Å². The zero-order chi connectivity index (χ0) is 15.7. The van der Waals surface area contributed by atoms with E-state index in [0.717, 1.165) is 0 Å². The van der Waals surface area contributed by atoms with Gasteiger partial charge in [0.05, 0.1) is 15.2 Å². The first-order chi connectivity index (χ1) is 9.71. The summed E-state index contributed by atoms with van der Waals surface area (Å²) in [4.78, 5) is 0. The molecule has 2 aromatic rings. The fourth-order valence-corrected chi connectivity index (χ4v) is 45.3. The third-order valence-electron chi connectivity index (χ3n) is 6.12. The molecule has 2 rings (SSSR count). The second kappa shape index (κ2) is 5.96. The Balaban J connectivity index is 2.50. The largest absolute Gasteiger partial charge is 0.0680 e. The van der Waals surface area contributed by atoms with Gasteiger partial charge in [0, 0.05) is 6.14 Å². The van der Waals surface area contributed by atoms with Gasteiger partial charge in [-0.05, 0) is 19.5 Å². The van der Waals surface area contributed by atoms with Crippen LogP contribution in [0.1, 0.15) is 0 Å². The lowest BCUT2D eigenvalue weighted by atomic mass is 10.4. The van der Waals surface area contributed by atoms with Crippen LogP contribution in [-0.4, -0.2) is 40.8 Å². The first kappa shape index (κ1) is 16.9. The van der Waals surface area contributed by atoms with Gasteiger partial charge in [0.1, 0.15) is 0 Å². The molecule has 0 bridgehead atoms. The summed E-state index contributed by atoms with van der Waals surface area (Å²) >= 11 is 0. The highest BCUT2D eigenvalue weighted by molar-refractivity contribution is 7.96. The van der Waals surface area contributed by atoms with Gasteiger partial charge in [0.25, 0.3) is 0 Å². The standard InChI is InChI=1S/C16H28Si5/c1-19(2,15-11-7-5-8-12-15)21(17,18)20(3,4)16-13-9-6-10-14-16/h5-14H,1-4,17-18H3. The molecule has 0 amide bonds. The maximum absolute atomic E-state index is 2.67. The summed E-state index contributed by atoms with van der Waals surface area (Å²) in [6, 6.07) is 23.0. The van der Waals surface area contributed by atoms with Crippen molar-refractivity contribution in [3.63, 3.8) is 0 Å². The van der Waals surface area contributed by atoms with Crippen LogP contribution >= 0.6 is 0 Å². The molecule has 0 N–H and O–H groups in total. The predicted octanol–water partition coefficient (Wildman–Crippen LogP) is 0.547. The highest BCUT2D eigenvalue weighted by Crippen LogP contribution is 2.23. The highest BCUT2D eigenvalue weighted by Gasteiger charge is 2.53. The molecule has 0 aliphatic carbocycles. The third kappa shape index (κ3) is 2.89. The minimum absolute atomic E-state index is 1.08. The Morgan fingerprint density at radius 2 is 0.857 bits per heavy atom. The molecule has 0 saturated heterocycles. The lowest BCUT2D eigenvalue weighted by Gasteiger charge is -2.49. The molecule has 0 heterocycles. The van der Waals surface area contributed by atoms with E-state index in [1.165, 1.54) is 19.5 Å². The van der Waals surface area contributed by atoms with Gasteiger partial charge in [-0.15, -0.1) is 0 Å². The Bertz CT molecular complexity index is 537. The summed E-state index contributed by atoms with van der Waals surface area (Å²) in [5, 5.41) is 3.41. The fraction of sp³-hybridized carbons (Fsp3) is 0.250. The zero-order valence-corrected chi connectivity index (χ0v) is 21.3. The van der Waals surface area contributed by atoms with Crippen LogP contribution < -0.4 is 10.4 Å². The molecule has 112 valence electrons. The molecule has 0 fully saturated rings. The van der Waals surface area contributed by atoms with Crippen molar-refractivity contribution in [3.05, 3.63) is 60.7 Å². The summed E-state index contributed by atoms with van der Waals surface area (Å²) in [6.45, 7) is 10.7. The summed E-state index contributed by atoms with van der Waals surface area (Å²) in [6.07, 6.45) is -1.08. The monoisotopic (exact) mass is 360 g/mol. The summed E-state index contributed by atoms with van der Waals surface area (Å²) < 4.78 is 0. The maximum Gasteiger partial charge on any atom is 0.0657 e. The molecule has 0 atom stereocenters. The zero-order valence-electron chi connectivity index (χ0n) is 14.3. The van der Waals surface area contributed by atoms with Crippen LogP contribution in [0.4, 0.5) is 0 Å². The number of hydrogen-bond acceptors (Lipinski definition) is 0. The number of benzene rings is 2. The Hall–Kier alpha value is -0.476. The van der Waals surface area contributed by atoms with Crippen LogP contribution in [0.2, 0.25) is 26.2 Å². The molecular weight excluding hydrogens is 333 g/mol. The van der Waals surface area contributed by atoms with Gasteiger partial charge in [0.2, 0.25) is 0 Å². The van der Waals surface area contributed by atoms with E-state index in [9.17, 15) is 0 Å². The molecule has 0 aliphatic heterocycles. The smallest absolute Gasteiger partial charge is 0.0657 e. The topological polar surface area (TPSA) is 0 Å². The van der Waals surface area contributed by atoms with Gasteiger partial charge in [-0.3, -0.25) is 0 Å². The van der Waals surface area contributed by atoms with E-state index in [-0.39, 0.29) is 0 Å². The van der Waals surface area contributed by atoms with E-state index in [1.807, 2.05) is 0 Å². The molecule has 21 heavy (non-hydrogen) atoms. The third-order valence-corrected chi connectivity index (χ3v) is 92.7. The molecule has 0 saturated carbocycles. The quantitative estimate of drug-likeness (QED) is 0.699. The van der Waals surface area contributed by atoms with Gasteiger partial charge in [-0.25, -0.2) is 0 Å². The number of hydrogen-bond donors (Lipinski definition) is 0. The van der Waals surface area contributed by atoms with Crippen LogP contribution in [0.5, 0.6) is 0 Å². The molecule has 0 aromatic heterocycles. The van der Waals surface area contributed by atoms with Crippen molar-refractivity contribution in [3.8, 4) is 0 Å². The summed E-state index contributed by atoms with van der Waals surface area (Å²) in [7, 11) is 0.315. The van der Waals surface area contributed by atoms with Gasteiger partial charge in [-0.1, -0.05) is 97.2 Å². The minimum atomic E-state index is -1.30. The van der Waals surface area contributed by atoms with Crippen LogP contribution in [0.15, 0.2) is 60.7 Å². The Labute approximate surface area is 138 Å². The van der Waals surface area contributed by atoms with Crippen molar-refractivity contribution in [1.29, 1.82) is 0 Å². The molecule has 0 radical (unpaired) electrons. The normalized spacial score (nSPS) is 13.5. The Kier molecular flexibility index (Phi) is 4.79. The first-order valence-electron chi connectivity index (χ1n) is 7.82. The SMILES string of the molecule is C[Si](C)(c1ccccc1)[Si]([SiH3])([SiH3])[Si](C)(C)c1ccccc1. The lowest BCUT2D eigenvalue weighted by Crippen LogP contribution is -2.82. The fourth-order valence-electron chi connectivity index (χ4n) is 3.21. The molecule has 5 heteroatoms.